The van der Waals surface area contributed by atoms with Gasteiger partial charge in [-0.05, 0) is 45.8 Å². The van der Waals surface area contributed by atoms with E-state index in [4.69, 9.17) is 4.74 Å². The van der Waals surface area contributed by atoms with Gasteiger partial charge in [0.15, 0.2) is 0 Å². The van der Waals surface area contributed by atoms with E-state index in [0.29, 0.717) is 10.2 Å². The Bertz CT molecular complexity index is 1010. The molecule has 0 radical (unpaired) electrons. The number of thioether (sulfide) groups is 1. The van der Waals surface area contributed by atoms with Gasteiger partial charge in [-0.3, -0.25) is 9.10 Å². The second-order valence-electron chi connectivity index (χ2n) is 6.36. The lowest BCUT2D eigenvalue weighted by molar-refractivity contribution is -0.119. The predicted octanol–water partition coefficient (Wildman–Crippen LogP) is 2.86. The topological polar surface area (TPSA) is 88.1 Å². The van der Waals surface area contributed by atoms with Crippen LogP contribution < -0.4 is 14.5 Å². The summed E-state index contributed by atoms with van der Waals surface area (Å²) in [5.74, 6) is 2.18. The Morgan fingerprint density at radius 3 is 2.72 bits per heavy atom. The van der Waals surface area contributed by atoms with Crippen molar-refractivity contribution in [2.75, 3.05) is 28.6 Å². The van der Waals surface area contributed by atoms with Gasteiger partial charge >= 0.3 is 0 Å². The number of hydrazone groups is 1. The highest BCUT2D eigenvalue weighted by Gasteiger charge is 2.22. The predicted molar refractivity (Wildman–Crippen MR) is 120 cm³/mol. The maximum absolute atomic E-state index is 12.3. The number of sulfonamides is 1. The van der Waals surface area contributed by atoms with Gasteiger partial charge in [0.25, 0.3) is 5.91 Å². The maximum atomic E-state index is 12.3. The molecule has 1 fully saturated rings. The van der Waals surface area contributed by atoms with Crippen molar-refractivity contribution in [3.05, 3.63) is 58.6 Å². The van der Waals surface area contributed by atoms with Gasteiger partial charge in [0.05, 0.1) is 18.2 Å². The molecule has 0 bridgehead atoms. The summed E-state index contributed by atoms with van der Waals surface area (Å²) in [7, 11) is -3.65. The Hall–Kier alpha value is -2.04. The average molecular weight is 498 g/mol. The molecule has 1 heterocycles. The fourth-order valence-corrected chi connectivity index (χ4v) is 4.57. The summed E-state index contributed by atoms with van der Waals surface area (Å²) in [6, 6.07) is 14.2. The van der Waals surface area contributed by atoms with Gasteiger partial charge in [-0.25, -0.2) is 13.8 Å². The Morgan fingerprint density at radius 1 is 1.31 bits per heavy atom. The van der Waals surface area contributed by atoms with Gasteiger partial charge in [0.1, 0.15) is 18.4 Å². The van der Waals surface area contributed by atoms with Gasteiger partial charge in [0.2, 0.25) is 10.0 Å². The zero-order valence-corrected chi connectivity index (χ0v) is 18.8. The molecule has 154 valence electrons. The van der Waals surface area contributed by atoms with Crippen LogP contribution in [0.1, 0.15) is 5.56 Å². The number of carbonyl (C=O) groups is 1. The molecule has 2 aromatic carbocycles. The van der Waals surface area contributed by atoms with Crippen LogP contribution >= 0.6 is 27.7 Å². The Morgan fingerprint density at radius 2 is 2.07 bits per heavy atom. The third-order valence-corrected chi connectivity index (χ3v) is 6.99. The van der Waals surface area contributed by atoms with Crippen molar-refractivity contribution in [2.24, 2.45) is 5.10 Å². The van der Waals surface area contributed by atoms with E-state index in [1.165, 1.54) is 6.21 Å². The molecule has 0 aromatic heterocycles. The Kier molecular flexibility index (Phi) is 7.20. The second kappa shape index (κ2) is 9.64. The highest BCUT2D eigenvalue weighted by molar-refractivity contribution is 9.10. The van der Waals surface area contributed by atoms with Crippen LogP contribution in [0.4, 0.5) is 5.69 Å². The zero-order chi connectivity index (χ0) is 20.9. The van der Waals surface area contributed by atoms with Gasteiger partial charge in [-0.1, -0.05) is 24.3 Å². The lowest BCUT2D eigenvalue weighted by Crippen LogP contribution is -2.39. The van der Waals surface area contributed by atoms with Crippen molar-refractivity contribution in [3.63, 3.8) is 0 Å². The number of para-hydroxylation sites is 1. The van der Waals surface area contributed by atoms with Crippen LogP contribution in [0.15, 0.2) is 58.1 Å². The molecule has 0 saturated carbocycles. The van der Waals surface area contributed by atoms with Crippen LogP contribution in [-0.2, 0) is 14.8 Å². The van der Waals surface area contributed by atoms with Crippen LogP contribution in [0.3, 0.4) is 0 Å². The van der Waals surface area contributed by atoms with Crippen molar-refractivity contribution in [2.45, 2.75) is 6.10 Å². The number of hydrogen-bond donors (Lipinski definition) is 1. The first kappa shape index (κ1) is 21.7. The molecular weight excluding hydrogens is 478 g/mol. The number of anilines is 1. The summed E-state index contributed by atoms with van der Waals surface area (Å²) in [6.45, 7) is -0.388. The number of amides is 1. The summed E-state index contributed by atoms with van der Waals surface area (Å²) in [4.78, 5) is 12.3. The van der Waals surface area contributed by atoms with Gasteiger partial charge in [-0.15, -0.1) is 0 Å². The fourth-order valence-electron chi connectivity index (χ4n) is 2.52. The molecule has 1 saturated heterocycles. The van der Waals surface area contributed by atoms with Crippen LogP contribution in [0.5, 0.6) is 5.75 Å². The van der Waals surface area contributed by atoms with E-state index in [1.807, 2.05) is 36.0 Å². The number of rotatable bonds is 8. The van der Waals surface area contributed by atoms with Crippen molar-refractivity contribution in [3.8, 4) is 5.75 Å². The summed E-state index contributed by atoms with van der Waals surface area (Å²) < 4.78 is 31.7. The molecule has 2 aromatic rings. The minimum absolute atomic E-state index is 0.242. The van der Waals surface area contributed by atoms with E-state index in [1.54, 1.807) is 24.3 Å². The number of ether oxygens (including phenoxy) is 1. The minimum atomic E-state index is -3.65. The quantitative estimate of drug-likeness (QED) is 0.447. The largest absolute Gasteiger partial charge is 0.489 e. The Balaban J connectivity index is 1.62. The van der Waals surface area contributed by atoms with E-state index in [2.05, 4.69) is 26.5 Å². The maximum Gasteiger partial charge on any atom is 0.260 e. The second-order valence-corrected chi connectivity index (χ2v) is 10.2. The number of benzene rings is 2. The first-order chi connectivity index (χ1) is 13.8. The minimum Gasteiger partial charge on any atom is -0.489 e. The fraction of sp³-hybridized carbons (Fsp3) is 0.263. The van der Waals surface area contributed by atoms with Crippen molar-refractivity contribution < 1.29 is 17.9 Å². The monoisotopic (exact) mass is 497 g/mol. The molecule has 1 amide bonds. The zero-order valence-electron chi connectivity index (χ0n) is 15.6. The SMILES string of the molecule is CS(=O)(=O)N(CC(=O)NN=Cc1cccc(OC2CSC2)c1)c1ccccc1Br. The van der Waals surface area contributed by atoms with Crippen LogP contribution in [0.2, 0.25) is 0 Å². The summed E-state index contributed by atoms with van der Waals surface area (Å²) in [6.07, 6.45) is 2.78. The molecule has 0 unspecified atom stereocenters. The third-order valence-electron chi connectivity index (χ3n) is 3.98. The van der Waals surface area contributed by atoms with E-state index >= 15 is 0 Å². The van der Waals surface area contributed by atoms with E-state index in [9.17, 15) is 13.2 Å². The van der Waals surface area contributed by atoms with Gasteiger partial charge in [0, 0.05) is 16.0 Å². The van der Waals surface area contributed by atoms with Crippen LogP contribution in [0.25, 0.3) is 0 Å². The standard InChI is InChI=1S/C19H20BrN3O4S2/c1-29(25,26)23(18-8-3-2-7-17(18)20)11-19(24)22-21-10-14-5-4-6-15(9-14)27-16-12-28-13-16/h2-10,16H,11-13H2,1H3,(H,22,24). The number of hydrogen-bond acceptors (Lipinski definition) is 6. The summed E-state index contributed by atoms with van der Waals surface area (Å²) >= 11 is 5.16. The van der Waals surface area contributed by atoms with Gasteiger partial charge in [-0.2, -0.15) is 16.9 Å². The average Bonchev–Trinajstić information content (AvgIpc) is 2.63. The molecule has 1 N–H and O–H groups in total. The Labute approximate surface area is 182 Å². The first-order valence-corrected chi connectivity index (χ1v) is 12.5. The molecule has 29 heavy (non-hydrogen) atoms. The lowest BCUT2D eigenvalue weighted by atomic mass is 10.2. The number of carbonyl (C=O) groups excluding carboxylic acids is 1. The number of halogens is 1. The molecule has 1 aliphatic rings. The molecule has 0 aliphatic carbocycles. The first-order valence-electron chi connectivity index (χ1n) is 8.71. The van der Waals surface area contributed by atoms with Crippen LogP contribution in [-0.4, -0.2) is 50.9 Å². The van der Waals surface area contributed by atoms with Crippen molar-refractivity contribution in [1.29, 1.82) is 0 Å². The molecule has 10 heteroatoms. The number of nitrogens with one attached hydrogen (secondary N) is 1. The summed E-state index contributed by atoms with van der Waals surface area (Å²) in [5.41, 5.74) is 3.52. The molecule has 7 nitrogen and oxygen atoms in total. The van der Waals surface area contributed by atoms with Crippen molar-refractivity contribution in [1.82, 2.24) is 5.43 Å². The lowest BCUT2D eigenvalue weighted by Gasteiger charge is -2.25. The van der Waals surface area contributed by atoms with E-state index in [0.717, 1.165) is 33.4 Å². The summed E-state index contributed by atoms with van der Waals surface area (Å²) in [5, 5.41) is 3.93. The molecular formula is C19H20BrN3O4S2. The molecule has 3 rings (SSSR count). The molecule has 1 aliphatic heterocycles. The third kappa shape index (κ3) is 6.22. The highest BCUT2D eigenvalue weighted by atomic mass is 79.9. The van der Waals surface area contributed by atoms with Gasteiger partial charge < -0.3 is 4.74 Å². The number of nitrogens with zero attached hydrogens (tertiary/aromatic N) is 2. The van der Waals surface area contributed by atoms with Crippen molar-refractivity contribution >= 4 is 55.5 Å². The normalized spacial score (nSPS) is 14.4. The smallest absolute Gasteiger partial charge is 0.260 e. The molecule has 0 atom stereocenters. The van der Waals surface area contributed by atoms with Crippen LogP contribution in [0, 0.1) is 0 Å². The molecule has 0 spiro atoms. The highest BCUT2D eigenvalue weighted by Crippen LogP contribution is 2.27. The van der Waals surface area contributed by atoms with E-state index < -0.39 is 15.9 Å². The van der Waals surface area contributed by atoms with E-state index in [-0.39, 0.29) is 12.6 Å².